The molecule has 7 rings (SSSR count). The second-order valence-corrected chi connectivity index (χ2v) is 13.2. The molecule has 4 aromatic heterocycles. The van der Waals surface area contributed by atoms with Crippen molar-refractivity contribution in [2.75, 3.05) is 0 Å². The fourth-order valence-electron chi connectivity index (χ4n) is 5.66. The van der Waals surface area contributed by atoms with Crippen molar-refractivity contribution >= 4 is 21.9 Å². The van der Waals surface area contributed by atoms with Crippen LogP contribution < -0.4 is 0 Å². The molecule has 7 aromatic rings. The Morgan fingerprint density at radius 1 is 0.702 bits per heavy atom. The third kappa shape index (κ3) is 7.76. The number of aromatic nitrogens is 3. The molecule has 0 aliphatic heterocycles. The first-order valence-electron chi connectivity index (χ1n) is 15.7. The zero-order valence-corrected chi connectivity index (χ0v) is 30.4. The summed E-state index contributed by atoms with van der Waals surface area (Å²) < 4.78 is 5.88. The van der Waals surface area contributed by atoms with Crippen molar-refractivity contribution in [1.29, 1.82) is 0 Å². The molecule has 0 spiro atoms. The van der Waals surface area contributed by atoms with Gasteiger partial charge in [0.2, 0.25) is 0 Å². The fourth-order valence-corrected chi connectivity index (χ4v) is 5.66. The van der Waals surface area contributed by atoms with Gasteiger partial charge in [-0.3, -0.25) is 0 Å². The maximum absolute atomic E-state index is 5.88. The number of hydrogen-bond donors (Lipinski definition) is 0. The Hall–Kier alpha value is -4.44. The Morgan fingerprint density at radius 3 is 2.17 bits per heavy atom. The van der Waals surface area contributed by atoms with Crippen molar-refractivity contribution in [2.24, 2.45) is 5.41 Å². The largest absolute Gasteiger partial charge is 0.457 e. The zero-order valence-electron chi connectivity index (χ0n) is 28.0. The van der Waals surface area contributed by atoms with Crippen molar-refractivity contribution in [3.8, 4) is 33.6 Å². The molecule has 0 amide bonds. The van der Waals surface area contributed by atoms with Crippen LogP contribution in [0.25, 0.3) is 55.6 Å². The molecule has 4 heterocycles. The van der Waals surface area contributed by atoms with Crippen LogP contribution in [0.15, 0.2) is 102 Å². The Bertz CT molecular complexity index is 2160. The third-order valence-electron chi connectivity index (χ3n) is 8.26. The van der Waals surface area contributed by atoms with Crippen molar-refractivity contribution < 1.29 is 24.5 Å². The van der Waals surface area contributed by atoms with Crippen molar-refractivity contribution in [1.82, 2.24) is 15.0 Å². The topological polar surface area (TPSA) is 51.8 Å². The smallest absolute Gasteiger partial charge is 0.135 e. The van der Waals surface area contributed by atoms with E-state index in [2.05, 4.69) is 111 Å². The molecular formula is C42H39IrN3O-2. The van der Waals surface area contributed by atoms with E-state index < -0.39 is 0 Å². The first-order chi connectivity index (χ1) is 22.1. The first kappa shape index (κ1) is 33.9. The molecule has 0 unspecified atom stereocenters. The minimum Gasteiger partial charge on any atom is -0.457 e. The molecule has 3 aromatic carbocycles. The SMILES string of the molecule is Cc1cnc(-c2[c-]cc(C)c(-c3ccc(CC(C)(C)C)cc3)c2)cc1C.Cc1ncc[c-]c1-c1cc2oc3ccccc3c2cn1.[Ir]. The maximum atomic E-state index is 5.88. The molecule has 0 saturated carbocycles. The summed E-state index contributed by atoms with van der Waals surface area (Å²) in [6.07, 6.45) is 6.63. The summed E-state index contributed by atoms with van der Waals surface area (Å²) in [5.74, 6) is 0. The molecule has 4 nitrogen and oxygen atoms in total. The quantitative estimate of drug-likeness (QED) is 0.167. The van der Waals surface area contributed by atoms with E-state index in [1.54, 1.807) is 12.3 Å². The van der Waals surface area contributed by atoms with Crippen molar-refractivity contribution in [2.45, 2.75) is 54.9 Å². The zero-order chi connectivity index (χ0) is 32.4. The molecule has 5 heteroatoms. The van der Waals surface area contributed by atoms with Crippen molar-refractivity contribution in [3.05, 3.63) is 138 Å². The Labute approximate surface area is 291 Å². The van der Waals surface area contributed by atoms with E-state index in [0.29, 0.717) is 5.41 Å². The first-order valence-corrected chi connectivity index (χ1v) is 15.7. The van der Waals surface area contributed by atoms with Gasteiger partial charge in [-0.05, 0) is 71.6 Å². The minimum atomic E-state index is 0. The second kappa shape index (κ2) is 14.1. The van der Waals surface area contributed by atoms with Crippen LogP contribution in [-0.2, 0) is 26.5 Å². The average Bonchev–Trinajstić information content (AvgIpc) is 3.41. The molecule has 0 bridgehead atoms. The predicted molar refractivity (Wildman–Crippen MR) is 190 cm³/mol. The summed E-state index contributed by atoms with van der Waals surface area (Å²) in [6.45, 7) is 15.2. The molecule has 0 N–H and O–H groups in total. The van der Waals surface area contributed by atoms with Crippen LogP contribution in [-0.4, -0.2) is 15.0 Å². The number of rotatable bonds is 4. The van der Waals surface area contributed by atoms with Gasteiger partial charge in [-0.2, -0.15) is 0 Å². The summed E-state index contributed by atoms with van der Waals surface area (Å²) in [6, 6.07) is 33.7. The minimum absolute atomic E-state index is 0. The van der Waals surface area contributed by atoms with E-state index in [1.807, 2.05) is 49.6 Å². The van der Waals surface area contributed by atoms with Crippen LogP contribution in [0.1, 0.15) is 48.7 Å². The molecule has 0 saturated heterocycles. The van der Waals surface area contributed by atoms with Crippen LogP contribution >= 0.6 is 0 Å². The normalized spacial score (nSPS) is 11.2. The number of pyridine rings is 3. The van der Waals surface area contributed by atoms with Crippen LogP contribution in [0, 0.1) is 45.2 Å². The van der Waals surface area contributed by atoms with Gasteiger partial charge in [-0.15, -0.1) is 47.0 Å². The summed E-state index contributed by atoms with van der Waals surface area (Å²) >= 11 is 0. The summed E-state index contributed by atoms with van der Waals surface area (Å²) in [4.78, 5) is 13.4. The second-order valence-electron chi connectivity index (χ2n) is 13.2. The van der Waals surface area contributed by atoms with Crippen LogP contribution in [0.4, 0.5) is 0 Å². The predicted octanol–water partition coefficient (Wildman–Crippen LogP) is 10.9. The Kier molecular flexibility index (Phi) is 10.2. The summed E-state index contributed by atoms with van der Waals surface area (Å²) in [5.41, 5.74) is 14.3. The molecule has 1 radical (unpaired) electrons. The standard InChI is InChI=1S/C25H28N.C17H11N2O.Ir/c1-17-7-10-22(24-13-18(2)19(3)16-26-24)14-23(17)21-11-8-20(9-12-21)15-25(4,5)6;1-11-12(6-4-8-18-11)15-9-17-14(10-19-15)13-5-2-3-7-16(13)20-17;/h7-9,11-14,16H,15H2,1-6H3;2-5,7-10H,1H3;/q2*-1;. The van der Waals surface area contributed by atoms with Gasteiger partial charge in [-0.1, -0.05) is 100 Å². The van der Waals surface area contributed by atoms with Gasteiger partial charge in [0.25, 0.3) is 0 Å². The molecule has 239 valence electrons. The van der Waals surface area contributed by atoms with Crippen molar-refractivity contribution in [3.63, 3.8) is 0 Å². The number of furan rings is 1. The van der Waals surface area contributed by atoms with Gasteiger partial charge >= 0.3 is 0 Å². The van der Waals surface area contributed by atoms with Gasteiger partial charge in [0.1, 0.15) is 11.2 Å². The van der Waals surface area contributed by atoms with Crippen LogP contribution in [0.2, 0.25) is 0 Å². The monoisotopic (exact) mass is 794 g/mol. The van der Waals surface area contributed by atoms with E-state index >= 15 is 0 Å². The number of nitrogens with zero attached hydrogens (tertiary/aromatic N) is 3. The van der Waals surface area contributed by atoms with Gasteiger partial charge in [0.05, 0.1) is 0 Å². The molecule has 0 aliphatic rings. The fraction of sp³-hybridized carbons (Fsp3) is 0.214. The molecule has 0 fully saturated rings. The molecule has 0 aliphatic carbocycles. The number of fused-ring (bicyclic) bond motifs is 3. The Morgan fingerprint density at radius 2 is 1.45 bits per heavy atom. The van der Waals surface area contributed by atoms with E-state index in [9.17, 15) is 0 Å². The summed E-state index contributed by atoms with van der Waals surface area (Å²) in [7, 11) is 0. The van der Waals surface area contributed by atoms with Gasteiger partial charge in [0.15, 0.2) is 0 Å². The van der Waals surface area contributed by atoms with Gasteiger partial charge < -0.3 is 19.4 Å². The van der Waals surface area contributed by atoms with E-state index in [0.717, 1.165) is 56.6 Å². The van der Waals surface area contributed by atoms with Crippen LogP contribution in [0.5, 0.6) is 0 Å². The van der Waals surface area contributed by atoms with E-state index in [1.165, 1.54) is 33.4 Å². The molecule has 0 atom stereocenters. The third-order valence-corrected chi connectivity index (χ3v) is 8.26. The number of aryl methyl sites for hydroxylation is 4. The number of para-hydroxylation sites is 1. The van der Waals surface area contributed by atoms with Crippen LogP contribution in [0.3, 0.4) is 0 Å². The molecule has 47 heavy (non-hydrogen) atoms. The van der Waals surface area contributed by atoms with Gasteiger partial charge in [0, 0.05) is 43.3 Å². The number of hydrogen-bond acceptors (Lipinski definition) is 4. The average molecular weight is 794 g/mol. The molecular weight excluding hydrogens is 755 g/mol. The Balaban J connectivity index is 0.000000186. The van der Waals surface area contributed by atoms with E-state index in [-0.39, 0.29) is 20.1 Å². The van der Waals surface area contributed by atoms with E-state index in [4.69, 9.17) is 4.42 Å². The summed E-state index contributed by atoms with van der Waals surface area (Å²) in [5, 5.41) is 2.12. The van der Waals surface area contributed by atoms with Gasteiger partial charge in [-0.25, -0.2) is 0 Å². The maximum Gasteiger partial charge on any atom is 0.135 e. The number of benzene rings is 3.